The Balaban J connectivity index is 1.39. The van der Waals surface area contributed by atoms with E-state index in [0.29, 0.717) is 11.6 Å². The molecule has 5 atom stereocenters. The van der Waals surface area contributed by atoms with Gasteiger partial charge in [0.05, 0.1) is 24.0 Å². The van der Waals surface area contributed by atoms with Gasteiger partial charge in [-0.1, -0.05) is 6.92 Å². The van der Waals surface area contributed by atoms with E-state index in [2.05, 4.69) is 31.5 Å². The highest BCUT2D eigenvalue weighted by molar-refractivity contribution is 5.78. The number of nitrogens with zero attached hydrogens (tertiary/aromatic N) is 2. The predicted molar refractivity (Wildman–Crippen MR) is 108 cm³/mol. The molecular formula is C20H32N6O3. The molecule has 0 radical (unpaired) electrons. The van der Waals surface area contributed by atoms with Crippen molar-refractivity contribution in [3.63, 3.8) is 0 Å². The van der Waals surface area contributed by atoms with E-state index in [1.54, 1.807) is 12.4 Å². The summed E-state index contributed by atoms with van der Waals surface area (Å²) in [5.41, 5.74) is 7.94. The van der Waals surface area contributed by atoms with Crippen LogP contribution in [0.3, 0.4) is 0 Å². The van der Waals surface area contributed by atoms with Crippen LogP contribution in [-0.4, -0.2) is 46.3 Å². The van der Waals surface area contributed by atoms with Gasteiger partial charge in [0.15, 0.2) is 0 Å². The first-order valence-corrected chi connectivity index (χ1v) is 10.5. The number of hydrazine groups is 1. The molecule has 1 aromatic rings. The van der Waals surface area contributed by atoms with Crippen molar-refractivity contribution < 1.29 is 14.3 Å². The van der Waals surface area contributed by atoms with Crippen LogP contribution in [0.2, 0.25) is 0 Å². The van der Waals surface area contributed by atoms with Crippen LogP contribution >= 0.6 is 0 Å². The third-order valence-corrected chi connectivity index (χ3v) is 5.69. The molecule has 1 aromatic heterocycles. The Morgan fingerprint density at radius 1 is 1.24 bits per heavy atom. The molecule has 1 saturated carbocycles. The largest absolute Gasteiger partial charge is 0.446 e. The Morgan fingerprint density at radius 3 is 2.79 bits per heavy atom. The Morgan fingerprint density at radius 2 is 2.07 bits per heavy atom. The number of carbonyl (C=O) groups is 2. The van der Waals surface area contributed by atoms with Crippen LogP contribution in [0, 0.1) is 12.8 Å². The van der Waals surface area contributed by atoms with Crippen molar-refractivity contribution in [1.82, 2.24) is 31.5 Å². The average molecular weight is 405 g/mol. The molecule has 2 unspecified atom stereocenters. The van der Waals surface area contributed by atoms with E-state index in [9.17, 15) is 9.59 Å². The number of hydrogen-bond donors (Lipinski definition) is 4. The van der Waals surface area contributed by atoms with Gasteiger partial charge < -0.3 is 15.4 Å². The van der Waals surface area contributed by atoms with E-state index >= 15 is 0 Å². The lowest BCUT2D eigenvalue weighted by atomic mass is 9.96. The number of carbonyl (C=O) groups excluding carboxylic acids is 2. The van der Waals surface area contributed by atoms with Gasteiger partial charge in [-0.15, -0.1) is 0 Å². The minimum atomic E-state index is -0.327. The van der Waals surface area contributed by atoms with Crippen molar-refractivity contribution in [2.75, 3.05) is 0 Å². The molecule has 3 rings (SSSR count). The second-order valence-electron chi connectivity index (χ2n) is 8.13. The van der Waals surface area contributed by atoms with Crippen LogP contribution < -0.4 is 21.5 Å². The summed E-state index contributed by atoms with van der Waals surface area (Å²) in [6.45, 7) is 5.85. The molecule has 0 aromatic carbocycles. The van der Waals surface area contributed by atoms with Crippen molar-refractivity contribution in [2.24, 2.45) is 5.92 Å². The first kappa shape index (κ1) is 21.4. The molecule has 4 N–H and O–H groups in total. The number of aromatic nitrogens is 2. The van der Waals surface area contributed by atoms with Gasteiger partial charge in [0.2, 0.25) is 5.91 Å². The normalized spacial score (nSPS) is 27.4. The van der Waals surface area contributed by atoms with Crippen LogP contribution in [0.25, 0.3) is 0 Å². The van der Waals surface area contributed by atoms with Crippen molar-refractivity contribution in [2.45, 2.75) is 83.6 Å². The zero-order valence-corrected chi connectivity index (χ0v) is 17.4. The maximum atomic E-state index is 12.3. The molecule has 1 aliphatic heterocycles. The summed E-state index contributed by atoms with van der Waals surface area (Å²) in [7, 11) is 0. The smallest absolute Gasteiger partial charge is 0.407 e. The SMILES string of the molecule is CC[C@H](C)NC(=O)O[C@@H]1CC[C@H](C2CC(NC(=O)Cc3cnc(C)cn3)NN2)C1. The Bertz CT molecular complexity index is 698. The van der Waals surface area contributed by atoms with Crippen LogP contribution in [-0.2, 0) is 16.0 Å². The second kappa shape index (κ2) is 9.98. The van der Waals surface area contributed by atoms with Crippen molar-refractivity contribution in [3.05, 3.63) is 23.8 Å². The van der Waals surface area contributed by atoms with Gasteiger partial charge in [0.1, 0.15) is 6.10 Å². The highest BCUT2D eigenvalue weighted by Crippen LogP contribution is 2.32. The van der Waals surface area contributed by atoms with Gasteiger partial charge in [-0.2, -0.15) is 0 Å². The first-order valence-electron chi connectivity index (χ1n) is 10.5. The fourth-order valence-corrected chi connectivity index (χ4v) is 3.84. The fourth-order valence-electron chi connectivity index (χ4n) is 3.84. The standard InChI is InChI=1S/C20H32N6O3/c1-4-12(2)23-20(28)29-16-6-5-14(7-16)17-9-18(26-25-17)24-19(27)8-15-11-21-13(3)10-22-15/h10-12,14,16-18,25-26H,4-9H2,1-3H3,(H,23,28)(H,24,27)/t12-,14-,16+,17?,18?/m0/s1. The zero-order chi connectivity index (χ0) is 20.8. The van der Waals surface area contributed by atoms with E-state index in [1.807, 2.05) is 20.8 Å². The predicted octanol–water partition coefficient (Wildman–Crippen LogP) is 1.33. The van der Waals surface area contributed by atoms with Crippen LogP contribution in [0.1, 0.15) is 57.3 Å². The summed E-state index contributed by atoms with van der Waals surface area (Å²) in [5, 5.41) is 5.84. The maximum absolute atomic E-state index is 12.3. The minimum absolute atomic E-state index is 0.0420. The monoisotopic (exact) mass is 404 g/mol. The van der Waals surface area contributed by atoms with Gasteiger partial charge in [-0.3, -0.25) is 20.2 Å². The molecule has 29 heavy (non-hydrogen) atoms. The molecule has 9 nitrogen and oxygen atoms in total. The van der Waals surface area contributed by atoms with E-state index in [0.717, 1.165) is 37.8 Å². The molecule has 2 heterocycles. The summed E-state index contributed by atoms with van der Waals surface area (Å²) in [6.07, 6.45) is 7.40. The van der Waals surface area contributed by atoms with E-state index in [4.69, 9.17) is 4.74 Å². The lowest BCUT2D eigenvalue weighted by molar-refractivity contribution is -0.121. The number of alkyl carbamates (subject to hydrolysis) is 1. The van der Waals surface area contributed by atoms with Crippen molar-refractivity contribution in [1.29, 1.82) is 0 Å². The quantitative estimate of drug-likeness (QED) is 0.542. The highest BCUT2D eigenvalue weighted by atomic mass is 16.6. The molecule has 2 aliphatic rings. The topological polar surface area (TPSA) is 117 Å². The van der Waals surface area contributed by atoms with Gasteiger partial charge >= 0.3 is 6.09 Å². The maximum Gasteiger partial charge on any atom is 0.407 e. The van der Waals surface area contributed by atoms with E-state index in [1.165, 1.54) is 0 Å². The number of nitrogens with one attached hydrogen (secondary N) is 4. The molecule has 1 saturated heterocycles. The zero-order valence-electron chi connectivity index (χ0n) is 17.4. The first-order chi connectivity index (χ1) is 13.9. The molecule has 0 bridgehead atoms. The molecule has 0 spiro atoms. The summed E-state index contributed by atoms with van der Waals surface area (Å²) < 4.78 is 5.56. The summed E-state index contributed by atoms with van der Waals surface area (Å²) in [6, 6.07) is 0.362. The number of aryl methyl sites for hydroxylation is 1. The van der Waals surface area contributed by atoms with Gasteiger partial charge in [-0.25, -0.2) is 10.2 Å². The third-order valence-electron chi connectivity index (χ3n) is 5.69. The summed E-state index contributed by atoms with van der Waals surface area (Å²) in [4.78, 5) is 32.6. The lowest BCUT2D eigenvalue weighted by Gasteiger charge is -2.19. The molecule has 160 valence electrons. The van der Waals surface area contributed by atoms with Crippen molar-refractivity contribution >= 4 is 12.0 Å². The van der Waals surface area contributed by atoms with Crippen LogP contribution in [0.15, 0.2) is 12.4 Å². The molecule has 9 heteroatoms. The summed E-state index contributed by atoms with van der Waals surface area (Å²) >= 11 is 0. The Kier molecular flexibility index (Phi) is 7.38. The number of ether oxygens (including phenoxy) is 1. The van der Waals surface area contributed by atoms with Gasteiger partial charge in [0.25, 0.3) is 0 Å². The van der Waals surface area contributed by atoms with Crippen LogP contribution in [0.4, 0.5) is 4.79 Å². The van der Waals surface area contributed by atoms with Gasteiger partial charge in [0, 0.05) is 24.5 Å². The fraction of sp³-hybridized carbons (Fsp3) is 0.700. The molecule has 2 fully saturated rings. The Hall–Kier alpha value is -2.26. The molecular weight excluding hydrogens is 372 g/mol. The third kappa shape index (κ3) is 6.37. The van der Waals surface area contributed by atoms with E-state index < -0.39 is 0 Å². The Labute approximate surface area is 171 Å². The molecule has 1 aliphatic carbocycles. The number of rotatable bonds is 7. The van der Waals surface area contributed by atoms with Gasteiger partial charge in [-0.05, 0) is 51.9 Å². The van der Waals surface area contributed by atoms with Crippen LogP contribution in [0.5, 0.6) is 0 Å². The highest BCUT2D eigenvalue weighted by Gasteiger charge is 2.37. The second-order valence-corrected chi connectivity index (χ2v) is 8.13. The minimum Gasteiger partial charge on any atom is -0.446 e. The van der Waals surface area contributed by atoms with Crippen molar-refractivity contribution in [3.8, 4) is 0 Å². The number of hydrogen-bond acceptors (Lipinski definition) is 7. The molecule has 2 amide bonds. The van der Waals surface area contributed by atoms with E-state index in [-0.39, 0.29) is 42.8 Å². The summed E-state index contributed by atoms with van der Waals surface area (Å²) in [5.74, 6) is 0.325. The lowest BCUT2D eigenvalue weighted by Crippen LogP contribution is -2.45. The number of amides is 2. The average Bonchev–Trinajstić information content (AvgIpc) is 3.32.